The molecule has 1 aliphatic rings. The van der Waals surface area contributed by atoms with Gasteiger partial charge in [0.05, 0.1) is 5.56 Å². The zero-order chi connectivity index (χ0) is 17.9. The van der Waals surface area contributed by atoms with E-state index in [1.54, 1.807) is 35.2 Å². The van der Waals surface area contributed by atoms with E-state index in [0.717, 1.165) is 25.1 Å². The number of amides is 1. The molecule has 1 heterocycles. The molecule has 0 spiro atoms. The maximum Gasteiger partial charge on any atom is 0.416 e. The second kappa shape index (κ2) is 7.27. The Labute approximate surface area is 144 Å². The number of nitrogens with zero attached hydrogens (tertiary/aromatic N) is 1. The molecule has 1 unspecified atom stereocenters. The molecule has 1 amide bonds. The molecule has 1 atom stereocenters. The number of hydrogen-bond acceptors (Lipinski definition) is 2. The highest BCUT2D eigenvalue weighted by Crippen LogP contribution is 2.30. The number of halogens is 3. The van der Waals surface area contributed by atoms with E-state index in [0.29, 0.717) is 17.7 Å². The smallest absolute Gasteiger partial charge is 0.330 e. The summed E-state index contributed by atoms with van der Waals surface area (Å²) >= 11 is 0. The fourth-order valence-corrected chi connectivity index (χ4v) is 3.06. The van der Waals surface area contributed by atoms with Crippen molar-refractivity contribution >= 4 is 5.91 Å². The molecule has 0 saturated carbocycles. The number of nitrogens with one attached hydrogen (secondary N) is 1. The Bertz CT molecular complexity index is 725. The van der Waals surface area contributed by atoms with Gasteiger partial charge < -0.3 is 10.2 Å². The highest BCUT2D eigenvalue weighted by atomic mass is 19.4. The summed E-state index contributed by atoms with van der Waals surface area (Å²) in [5.74, 6) is -0.160. The summed E-state index contributed by atoms with van der Waals surface area (Å²) in [5, 5.41) is 3.21. The summed E-state index contributed by atoms with van der Waals surface area (Å²) in [6.45, 7) is 1.60. The number of rotatable bonds is 4. The lowest BCUT2D eigenvalue weighted by Gasteiger charge is -2.29. The van der Waals surface area contributed by atoms with E-state index in [-0.39, 0.29) is 18.5 Å². The fourth-order valence-electron chi connectivity index (χ4n) is 3.06. The van der Waals surface area contributed by atoms with Gasteiger partial charge in [-0.05, 0) is 42.8 Å². The Morgan fingerprint density at radius 1 is 1.12 bits per heavy atom. The predicted octanol–water partition coefficient (Wildman–Crippen LogP) is 3.71. The van der Waals surface area contributed by atoms with Gasteiger partial charge in [0.2, 0.25) is 0 Å². The van der Waals surface area contributed by atoms with E-state index < -0.39 is 11.7 Å². The van der Waals surface area contributed by atoms with Crippen molar-refractivity contribution in [3.05, 3.63) is 71.3 Å². The normalized spacial score (nSPS) is 17.5. The number of benzene rings is 2. The molecular formula is C19H19F3N2O. The molecule has 1 fully saturated rings. The zero-order valence-electron chi connectivity index (χ0n) is 13.6. The van der Waals surface area contributed by atoms with Crippen LogP contribution in [0.4, 0.5) is 13.2 Å². The number of carbonyl (C=O) groups is 1. The van der Waals surface area contributed by atoms with Gasteiger partial charge in [-0.25, -0.2) is 0 Å². The number of carbonyl (C=O) groups excluding carboxylic acids is 1. The average Bonchev–Trinajstić information content (AvgIpc) is 3.14. The highest BCUT2D eigenvalue weighted by molar-refractivity contribution is 5.94. The van der Waals surface area contributed by atoms with Crippen LogP contribution in [0.2, 0.25) is 0 Å². The van der Waals surface area contributed by atoms with Gasteiger partial charge in [0.15, 0.2) is 0 Å². The standard InChI is InChI=1S/C19H19F3N2O/c20-19(21,22)16-8-4-5-14(11-16)13-24(17-9-10-23-12-17)18(25)15-6-2-1-3-7-15/h1-8,11,17,23H,9-10,12-13H2. The first-order valence-corrected chi connectivity index (χ1v) is 8.18. The van der Waals surface area contributed by atoms with Crippen molar-refractivity contribution in [2.45, 2.75) is 25.2 Å². The lowest BCUT2D eigenvalue weighted by atomic mass is 10.1. The summed E-state index contributed by atoms with van der Waals surface area (Å²) in [6.07, 6.45) is -3.60. The van der Waals surface area contributed by atoms with Gasteiger partial charge >= 0.3 is 6.18 Å². The van der Waals surface area contributed by atoms with E-state index in [1.807, 2.05) is 6.07 Å². The van der Waals surface area contributed by atoms with Crippen molar-refractivity contribution in [3.8, 4) is 0 Å². The van der Waals surface area contributed by atoms with Gasteiger partial charge in [0, 0.05) is 24.7 Å². The molecular weight excluding hydrogens is 329 g/mol. The molecule has 0 radical (unpaired) electrons. The van der Waals surface area contributed by atoms with Crippen LogP contribution < -0.4 is 5.32 Å². The lowest BCUT2D eigenvalue weighted by Crippen LogP contribution is -2.41. The van der Waals surface area contributed by atoms with Crippen LogP contribution in [0.25, 0.3) is 0 Å². The Balaban J connectivity index is 1.87. The van der Waals surface area contributed by atoms with Gasteiger partial charge in [-0.15, -0.1) is 0 Å². The third-order valence-corrected chi connectivity index (χ3v) is 4.36. The first-order valence-electron chi connectivity index (χ1n) is 8.18. The summed E-state index contributed by atoms with van der Waals surface area (Å²) in [4.78, 5) is 14.6. The van der Waals surface area contributed by atoms with Gasteiger partial charge in [-0.1, -0.05) is 30.3 Å². The molecule has 0 bridgehead atoms. The third kappa shape index (κ3) is 4.20. The van der Waals surface area contributed by atoms with Crippen molar-refractivity contribution in [1.29, 1.82) is 0 Å². The molecule has 2 aromatic rings. The first kappa shape index (κ1) is 17.5. The number of alkyl halides is 3. The monoisotopic (exact) mass is 348 g/mol. The van der Waals surface area contributed by atoms with Crippen LogP contribution in [0.5, 0.6) is 0 Å². The largest absolute Gasteiger partial charge is 0.416 e. The van der Waals surface area contributed by atoms with Crippen LogP contribution in [0, 0.1) is 0 Å². The molecule has 132 valence electrons. The van der Waals surface area contributed by atoms with Crippen LogP contribution in [-0.2, 0) is 12.7 Å². The van der Waals surface area contributed by atoms with Crippen LogP contribution in [0.1, 0.15) is 27.9 Å². The summed E-state index contributed by atoms with van der Waals surface area (Å²) in [5.41, 5.74) is 0.328. The molecule has 2 aromatic carbocycles. The molecule has 0 aliphatic carbocycles. The van der Waals surface area contributed by atoms with Crippen LogP contribution in [0.15, 0.2) is 54.6 Å². The quantitative estimate of drug-likeness (QED) is 0.914. The second-order valence-electron chi connectivity index (χ2n) is 6.14. The molecule has 1 N–H and O–H groups in total. The average molecular weight is 348 g/mol. The molecule has 3 rings (SSSR count). The van der Waals surface area contributed by atoms with Gasteiger partial charge in [0.25, 0.3) is 5.91 Å². The second-order valence-corrected chi connectivity index (χ2v) is 6.14. The maximum absolute atomic E-state index is 12.9. The lowest BCUT2D eigenvalue weighted by molar-refractivity contribution is -0.137. The van der Waals surface area contributed by atoms with Crippen molar-refractivity contribution in [1.82, 2.24) is 10.2 Å². The SMILES string of the molecule is O=C(c1ccccc1)N(Cc1cccc(C(F)(F)F)c1)C1CCNC1. The van der Waals surface area contributed by atoms with E-state index >= 15 is 0 Å². The molecule has 0 aromatic heterocycles. The Morgan fingerprint density at radius 3 is 2.52 bits per heavy atom. The van der Waals surface area contributed by atoms with Crippen molar-refractivity contribution in [2.75, 3.05) is 13.1 Å². The van der Waals surface area contributed by atoms with Crippen molar-refractivity contribution in [3.63, 3.8) is 0 Å². The van der Waals surface area contributed by atoms with Crippen LogP contribution >= 0.6 is 0 Å². The molecule has 6 heteroatoms. The van der Waals surface area contributed by atoms with E-state index in [4.69, 9.17) is 0 Å². The van der Waals surface area contributed by atoms with Crippen molar-refractivity contribution in [2.24, 2.45) is 0 Å². The van der Waals surface area contributed by atoms with E-state index in [1.165, 1.54) is 6.07 Å². The minimum Gasteiger partial charge on any atom is -0.330 e. The van der Waals surface area contributed by atoms with Crippen molar-refractivity contribution < 1.29 is 18.0 Å². The Hall–Kier alpha value is -2.34. The van der Waals surface area contributed by atoms with E-state index in [2.05, 4.69) is 5.32 Å². The van der Waals surface area contributed by atoms with Gasteiger partial charge in [-0.3, -0.25) is 4.79 Å². The summed E-state index contributed by atoms with van der Waals surface area (Å²) < 4.78 is 38.8. The Morgan fingerprint density at radius 2 is 1.88 bits per heavy atom. The molecule has 1 saturated heterocycles. The van der Waals surface area contributed by atoms with Gasteiger partial charge in [0.1, 0.15) is 0 Å². The predicted molar refractivity (Wildman–Crippen MR) is 89.0 cm³/mol. The molecule has 1 aliphatic heterocycles. The Kier molecular flexibility index (Phi) is 5.08. The summed E-state index contributed by atoms with van der Waals surface area (Å²) in [7, 11) is 0. The molecule has 25 heavy (non-hydrogen) atoms. The topological polar surface area (TPSA) is 32.3 Å². The van der Waals surface area contributed by atoms with Gasteiger partial charge in [-0.2, -0.15) is 13.2 Å². The molecule has 3 nitrogen and oxygen atoms in total. The summed E-state index contributed by atoms with van der Waals surface area (Å²) in [6, 6.07) is 14.0. The minimum absolute atomic E-state index is 0.0257. The van der Waals surface area contributed by atoms with Crippen LogP contribution in [0.3, 0.4) is 0 Å². The van der Waals surface area contributed by atoms with Crippen LogP contribution in [-0.4, -0.2) is 29.9 Å². The highest BCUT2D eigenvalue weighted by Gasteiger charge is 2.31. The third-order valence-electron chi connectivity index (χ3n) is 4.36. The maximum atomic E-state index is 12.9. The number of hydrogen-bond donors (Lipinski definition) is 1. The first-order chi connectivity index (χ1) is 11.9. The minimum atomic E-state index is -4.39. The zero-order valence-corrected chi connectivity index (χ0v) is 13.6. The van der Waals surface area contributed by atoms with E-state index in [9.17, 15) is 18.0 Å². The fraction of sp³-hybridized carbons (Fsp3) is 0.316.